The standard InChI is InChI=1S/C39H47FN8O5/c1-39(2,3)53-38(51)47-21-14-26(15-22-47)13-18-46-19-16-31(17-20-46)48-25-28(23-43-48)32-24-42-35(41)33(45-32)37(50)52-34(27-7-5-4-6-8-27)36(49)44-30-11-9-29(40)10-12-30/h4-12,23-26,31,34H,13-22H2,1-3H3,(H2,41,42)(H,44,49)/t34-/m1/s1. The van der Waals surface area contributed by atoms with Crippen molar-refractivity contribution in [1.29, 1.82) is 0 Å². The summed E-state index contributed by atoms with van der Waals surface area (Å²) < 4.78 is 26.6. The van der Waals surface area contributed by atoms with E-state index in [0.717, 1.165) is 64.8 Å². The number of carbonyl (C=O) groups is 3. The molecule has 14 heteroatoms. The first-order chi connectivity index (χ1) is 25.4. The van der Waals surface area contributed by atoms with E-state index in [1.807, 2.05) is 36.5 Å². The Labute approximate surface area is 308 Å². The van der Waals surface area contributed by atoms with Crippen LogP contribution in [0.3, 0.4) is 0 Å². The minimum absolute atomic E-state index is 0.141. The number of nitrogens with one attached hydrogen (secondary N) is 1. The Morgan fingerprint density at radius 1 is 0.962 bits per heavy atom. The first-order valence-corrected chi connectivity index (χ1v) is 18.1. The van der Waals surface area contributed by atoms with E-state index in [2.05, 4.69) is 25.3 Å². The van der Waals surface area contributed by atoms with Crippen LogP contribution in [-0.4, -0.2) is 85.8 Å². The number of aromatic nitrogens is 4. The van der Waals surface area contributed by atoms with Gasteiger partial charge < -0.3 is 30.3 Å². The molecule has 0 saturated carbocycles. The van der Waals surface area contributed by atoms with Gasteiger partial charge in [-0.15, -0.1) is 0 Å². The van der Waals surface area contributed by atoms with Gasteiger partial charge in [0.1, 0.15) is 11.4 Å². The molecule has 53 heavy (non-hydrogen) atoms. The summed E-state index contributed by atoms with van der Waals surface area (Å²) >= 11 is 0. The number of rotatable bonds is 10. The van der Waals surface area contributed by atoms with Gasteiger partial charge in [0.2, 0.25) is 6.10 Å². The topological polar surface area (TPSA) is 158 Å². The number of carbonyl (C=O) groups excluding carboxylic acids is 3. The predicted octanol–water partition coefficient (Wildman–Crippen LogP) is 6.27. The second-order valence-electron chi connectivity index (χ2n) is 14.7. The minimum atomic E-state index is -1.34. The Balaban J connectivity index is 1.03. The average molecular weight is 727 g/mol. The summed E-state index contributed by atoms with van der Waals surface area (Å²) in [5, 5.41) is 7.29. The van der Waals surface area contributed by atoms with Crippen molar-refractivity contribution in [3.05, 3.63) is 90.3 Å². The Hall–Kier alpha value is -5.37. The highest BCUT2D eigenvalue weighted by atomic mass is 19.1. The predicted molar refractivity (Wildman–Crippen MR) is 197 cm³/mol. The third-order valence-electron chi connectivity index (χ3n) is 9.62. The number of piperidine rings is 2. The zero-order valence-corrected chi connectivity index (χ0v) is 30.4. The maximum Gasteiger partial charge on any atom is 0.410 e. The second kappa shape index (κ2) is 16.5. The molecule has 0 spiro atoms. The van der Waals surface area contributed by atoms with Gasteiger partial charge in [0.15, 0.2) is 11.5 Å². The minimum Gasteiger partial charge on any atom is -0.444 e. The number of esters is 1. The molecule has 2 aliphatic heterocycles. The summed E-state index contributed by atoms with van der Waals surface area (Å²) in [6, 6.07) is 14.0. The van der Waals surface area contributed by atoms with Crippen molar-refractivity contribution < 1.29 is 28.2 Å². The van der Waals surface area contributed by atoms with Gasteiger partial charge in [-0.25, -0.2) is 23.9 Å². The van der Waals surface area contributed by atoms with Crippen molar-refractivity contribution >= 4 is 29.5 Å². The zero-order valence-electron chi connectivity index (χ0n) is 30.4. The van der Waals surface area contributed by atoms with Crippen LogP contribution < -0.4 is 11.1 Å². The number of benzene rings is 2. The number of anilines is 2. The fraction of sp³-hybridized carbons (Fsp3) is 0.436. The van der Waals surface area contributed by atoms with Gasteiger partial charge in [-0.1, -0.05) is 30.3 Å². The van der Waals surface area contributed by atoms with Gasteiger partial charge in [0, 0.05) is 49.2 Å². The molecule has 2 aliphatic rings. The molecule has 0 radical (unpaired) electrons. The van der Waals surface area contributed by atoms with E-state index < -0.39 is 29.4 Å². The number of ether oxygens (including phenoxy) is 2. The molecule has 0 aliphatic carbocycles. The highest BCUT2D eigenvalue weighted by Gasteiger charge is 2.30. The molecular formula is C39H47FN8O5. The van der Waals surface area contributed by atoms with Crippen LogP contribution in [0.2, 0.25) is 0 Å². The zero-order chi connectivity index (χ0) is 37.5. The lowest BCUT2D eigenvalue weighted by Crippen LogP contribution is -2.42. The second-order valence-corrected chi connectivity index (χ2v) is 14.7. The Morgan fingerprint density at radius 2 is 1.66 bits per heavy atom. The van der Waals surface area contributed by atoms with Crippen LogP contribution in [0.25, 0.3) is 11.3 Å². The Morgan fingerprint density at radius 3 is 2.34 bits per heavy atom. The van der Waals surface area contributed by atoms with Crippen LogP contribution in [0.1, 0.15) is 81.1 Å². The largest absolute Gasteiger partial charge is 0.444 e. The number of nitrogen functional groups attached to an aromatic ring is 1. The van der Waals surface area contributed by atoms with E-state index in [9.17, 15) is 18.8 Å². The fourth-order valence-corrected chi connectivity index (χ4v) is 6.67. The van der Waals surface area contributed by atoms with E-state index in [-0.39, 0.29) is 23.6 Å². The molecule has 6 rings (SSSR count). The third kappa shape index (κ3) is 9.95. The van der Waals surface area contributed by atoms with Gasteiger partial charge in [-0.05, 0) is 89.6 Å². The molecule has 2 fully saturated rings. The number of hydrogen-bond donors (Lipinski definition) is 2. The third-order valence-corrected chi connectivity index (χ3v) is 9.62. The molecule has 0 unspecified atom stereocenters. The lowest BCUT2D eigenvalue weighted by Gasteiger charge is -2.36. The van der Waals surface area contributed by atoms with E-state index >= 15 is 0 Å². The van der Waals surface area contributed by atoms with Gasteiger partial charge >= 0.3 is 12.1 Å². The number of nitrogens with zero attached hydrogens (tertiary/aromatic N) is 6. The lowest BCUT2D eigenvalue weighted by atomic mass is 9.93. The summed E-state index contributed by atoms with van der Waals surface area (Å²) in [4.78, 5) is 52.2. The van der Waals surface area contributed by atoms with Crippen molar-refractivity contribution in [1.82, 2.24) is 29.5 Å². The van der Waals surface area contributed by atoms with Crippen molar-refractivity contribution in [3.8, 4) is 11.3 Å². The monoisotopic (exact) mass is 726 g/mol. The molecule has 0 bridgehead atoms. The first-order valence-electron chi connectivity index (χ1n) is 18.1. The van der Waals surface area contributed by atoms with Crippen molar-refractivity contribution in [2.24, 2.45) is 5.92 Å². The molecule has 3 N–H and O–H groups in total. The maximum atomic E-state index is 13.5. The molecule has 1 atom stereocenters. The molecule has 280 valence electrons. The summed E-state index contributed by atoms with van der Waals surface area (Å²) in [5.41, 5.74) is 7.20. The molecule has 2 aromatic heterocycles. The molecule has 2 aromatic carbocycles. The molecule has 4 heterocycles. The average Bonchev–Trinajstić information content (AvgIpc) is 3.64. The summed E-state index contributed by atoms with van der Waals surface area (Å²) in [6.45, 7) is 10.1. The van der Waals surface area contributed by atoms with Crippen LogP contribution in [0.4, 0.5) is 20.7 Å². The van der Waals surface area contributed by atoms with Gasteiger partial charge in [-0.3, -0.25) is 9.48 Å². The van der Waals surface area contributed by atoms with Gasteiger partial charge in [0.25, 0.3) is 5.91 Å². The van der Waals surface area contributed by atoms with Crippen LogP contribution >= 0.6 is 0 Å². The van der Waals surface area contributed by atoms with Crippen molar-refractivity contribution in [2.45, 2.75) is 70.6 Å². The highest BCUT2D eigenvalue weighted by Crippen LogP contribution is 2.28. The van der Waals surface area contributed by atoms with E-state index in [1.54, 1.807) is 36.5 Å². The summed E-state index contributed by atoms with van der Waals surface area (Å²) in [6.07, 6.45) is 8.52. The number of halogens is 1. The quantitative estimate of drug-likeness (QED) is 0.179. The van der Waals surface area contributed by atoms with Crippen molar-refractivity contribution in [3.63, 3.8) is 0 Å². The van der Waals surface area contributed by atoms with E-state index in [1.165, 1.54) is 30.5 Å². The van der Waals surface area contributed by atoms with Gasteiger partial charge in [-0.2, -0.15) is 5.10 Å². The molecule has 4 aromatic rings. The van der Waals surface area contributed by atoms with Gasteiger partial charge in [0.05, 0.1) is 24.1 Å². The van der Waals surface area contributed by atoms with Crippen molar-refractivity contribution in [2.75, 3.05) is 43.8 Å². The first kappa shape index (κ1) is 37.4. The lowest BCUT2D eigenvalue weighted by molar-refractivity contribution is -0.125. The normalized spacial score (nSPS) is 16.6. The Kier molecular flexibility index (Phi) is 11.7. The SMILES string of the molecule is CC(C)(C)OC(=O)N1CCC(CCN2CCC(n3cc(-c4cnc(N)c(C(=O)O[C@@H](C(=O)Nc5ccc(F)cc5)c5ccccc5)n4)cn3)CC2)CC1. The molecular weight excluding hydrogens is 679 g/mol. The van der Waals surface area contributed by atoms with E-state index in [4.69, 9.17) is 15.2 Å². The molecule has 13 nitrogen and oxygen atoms in total. The fourth-order valence-electron chi connectivity index (χ4n) is 6.67. The van der Waals surface area contributed by atoms with Crippen LogP contribution in [0.15, 0.2) is 73.2 Å². The number of amides is 2. The number of nitrogens with two attached hydrogens (primary N) is 1. The number of hydrogen-bond acceptors (Lipinski definition) is 10. The summed E-state index contributed by atoms with van der Waals surface area (Å²) in [5.74, 6) is -1.54. The highest BCUT2D eigenvalue weighted by molar-refractivity contribution is 5.99. The van der Waals surface area contributed by atoms with Crippen LogP contribution in [0.5, 0.6) is 0 Å². The van der Waals surface area contributed by atoms with E-state index in [0.29, 0.717) is 28.4 Å². The maximum absolute atomic E-state index is 13.5. The van der Waals surface area contributed by atoms with Crippen LogP contribution in [-0.2, 0) is 14.3 Å². The van der Waals surface area contributed by atoms with Crippen LogP contribution in [0, 0.1) is 11.7 Å². The summed E-state index contributed by atoms with van der Waals surface area (Å²) in [7, 11) is 0. The Bertz CT molecular complexity index is 1860. The number of likely N-dealkylation sites (tertiary alicyclic amines) is 2. The molecule has 2 saturated heterocycles. The smallest absolute Gasteiger partial charge is 0.410 e. The molecule has 2 amide bonds.